The van der Waals surface area contributed by atoms with E-state index in [1.165, 1.54) is 30.6 Å². The summed E-state index contributed by atoms with van der Waals surface area (Å²) in [6.07, 6.45) is 4.50. The first-order valence-electron chi connectivity index (χ1n) is 7.14. The Morgan fingerprint density at radius 3 is 2.81 bits per heavy atom. The molecule has 1 saturated heterocycles. The van der Waals surface area contributed by atoms with Gasteiger partial charge in [0.05, 0.1) is 4.88 Å². The predicted molar refractivity (Wildman–Crippen MR) is 98.6 cm³/mol. The molecule has 1 aromatic rings. The highest BCUT2D eigenvalue weighted by atomic mass is 127. The van der Waals surface area contributed by atoms with E-state index in [2.05, 4.69) is 15.2 Å². The molecule has 118 valence electrons. The lowest BCUT2D eigenvalue weighted by molar-refractivity contribution is 0.0957. The number of likely N-dealkylation sites (tertiary alicyclic amines) is 1. The van der Waals surface area contributed by atoms with E-state index in [0.29, 0.717) is 19.0 Å². The normalized spacial score (nSPS) is 15.4. The monoisotopic (exact) mass is 422 g/mol. The van der Waals surface area contributed by atoms with Crippen molar-refractivity contribution in [1.29, 1.82) is 0 Å². The van der Waals surface area contributed by atoms with E-state index in [1.807, 2.05) is 17.5 Å². The zero-order valence-electron chi connectivity index (χ0n) is 12.1. The first-order chi connectivity index (χ1) is 9.77. The van der Waals surface area contributed by atoms with Crippen molar-refractivity contribution in [2.45, 2.75) is 25.7 Å². The number of nitrogens with zero attached hydrogens (tertiary/aromatic N) is 2. The first kappa shape index (κ1) is 18.2. The molecule has 0 aromatic carbocycles. The molecule has 2 rings (SSSR count). The number of hydrogen-bond donors (Lipinski definition) is 2. The van der Waals surface area contributed by atoms with Crippen LogP contribution in [0.15, 0.2) is 22.5 Å². The lowest BCUT2D eigenvalue weighted by Gasteiger charge is -2.27. The topological polar surface area (TPSA) is 70.7 Å². The average molecular weight is 422 g/mol. The van der Waals surface area contributed by atoms with Crippen molar-refractivity contribution in [2.75, 3.05) is 26.2 Å². The molecular formula is C14H23IN4OS. The third-order valence-electron chi connectivity index (χ3n) is 3.32. The molecule has 3 N–H and O–H groups in total. The van der Waals surface area contributed by atoms with Gasteiger partial charge in [0.1, 0.15) is 0 Å². The summed E-state index contributed by atoms with van der Waals surface area (Å²) in [5.74, 6) is 0.641. The number of nitrogens with one attached hydrogen (secondary N) is 1. The van der Waals surface area contributed by atoms with Crippen LogP contribution in [0.4, 0.5) is 0 Å². The van der Waals surface area contributed by atoms with Gasteiger partial charge in [-0.05, 0) is 37.1 Å². The quantitative estimate of drug-likeness (QED) is 0.331. The Morgan fingerprint density at radius 2 is 2.14 bits per heavy atom. The summed E-state index contributed by atoms with van der Waals surface area (Å²) in [5, 5.41) is 4.79. The molecule has 1 fully saturated rings. The van der Waals surface area contributed by atoms with Gasteiger partial charge in [-0.1, -0.05) is 6.07 Å². The summed E-state index contributed by atoms with van der Waals surface area (Å²) in [5.41, 5.74) is 5.96. The molecule has 2 heterocycles. The van der Waals surface area contributed by atoms with Gasteiger partial charge >= 0.3 is 0 Å². The Hall–Kier alpha value is -0.830. The molecule has 1 aromatic heterocycles. The van der Waals surface area contributed by atoms with E-state index in [4.69, 9.17) is 5.73 Å². The van der Waals surface area contributed by atoms with Crippen LogP contribution in [0.1, 0.15) is 35.4 Å². The lowest BCUT2D eigenvalue weighted by Crippen LogP contribution is -2.41. The van der Waals surface area contributed by atoms with Gasteiger partial charge in [0.15, 0.2) is 5.96 Å². The second-order valence-electron chi connectivity index (χ2n) is 4.87. The van der Waals surface area contributed by atoms with Crippen LogP contribution >= 0.6 is 35.3 Å². The fourth-order valence-electron chi connectivity index (χ4n) is 2.19. The van der Waals surface area contributed by atoms with Gasteiger partial charge in [-0.25, -0.2) is 0 Å². The van der Waals surface area contributed by atoms with Gasteiger partial charge < -0.3 is 16.0 Å². The predicted octanol–water partition coefficient (Wildman–Crippen LogP) is 2.29. The molecule has 0 radical (unpaired) electrons. The summed E-state index contributed by atoms with van der Waals surface area (Å²) in [4.78, 5) is 19.0. The van der Waals surface area contributed by atoms with Gasteiger partial charge in [0.2, 0.25) is 0 Å². The molecule has 0 unspecified atom stereocenters. The second kappa shape index (κ2) is 9.99. The Morgan fingerprint density at radius 1 is 1.38 bits per heavy atom. The molecule has 5 nitrogen and oxygen atoms in total. The molecule has 1 amide bonds. The molecule has 0 atom stereocenters. The van der Waals surface area contributed by atoms with Gasteiger partial charge in [0.25, 0.3) is 5.91 Å². The van der Waals surface area contributed by atoms with Crippen molar-refractivity contribution in [2.24, 2.45) is 10.7 Å². The number of thiophene rings is 1. The van der Waals surface area contributed by atoms with Crippen molar-refractivity contribution in [3.8, 4) is 0 Å². The van der Waals surface area contributed by atoms with E-state index in [0.717, 1.165) is 24.4 Å². The van der Waals surface area contributed by atoms with Crippen LogP contribution in [0, 0.1) is 0 Å². The summed E-state index contributed by atoms with van der Waals surface area (Å²) in [7, 11) is 0. The summed E-state index contributed by atoms with van der Waals surface area (Å²) in [6.45, 7) is 3.33. The number of aliphatic imine (C=N–C) groups is 1. The second-order valence-corrected chi connectivity index (χ2v) is 5.82. The number of guanidine groups is 1. The average Bonchev–Trinajstić information content (AvgIpc) is 3.01. The highest BCUT2D eigenvalue weighted by molar-refractivity contribution is 14.0. The number of rotatable bonds is 5. The lowest BCUT2D eigenvalue weighted by atomic mass is 10.1. The Balaban J connectivity index is 0.00000220. The minimum Gasteiger partial charge on any atom is -0.370 e. The molecular weight excluding hydrogens is 399 g/mol. The maximum absolute atomic E-state index is 11.7. The van der Waals surface area contributed by atoms with Crippen LogP contribution in [-0.2, 0) is 0 Å². The number of carbonyl (C=O) groups excluding carboxylic acids is 1. The SMILES string of the molecule is I.NC(=NCCCNC(=O)c1cccs1)N1CCCCC1. The van der Waals surface area contributed by atoms with E-state index >= 15 is 0 Å². The van der Waals surface area contributed by atoms with Crippen LogP contribution in [-0.4, -0.2) is 42.9 Å². The van der Waals surface area contributed by atoms with Crippen LogP contribution in [0.5, 0.6) is 0 Å². The van der Waals surface area contributed by atoms with Crippen LogP contribution in [0.3, 0.4) is 0 Å². The minimum atomic E-state index is -0.00650. The Bertz CT molecular complexity index is 444. The number of carbonyl (C=O) groups is 1. The summed E-state index contributed by atoms with van der Waals surface area (Å²) < 4.78 is 0. The number of nitrogens with two attached hydrogens (primary N) is 1. The molecule has 0 spiro atoms. The Kier molecular flexibility index (Phi) is 8.67. The highest BCUT2D eigenvalue weighted by Crippen LogP contribution is 2.08. The fourth-order valence-corrected chi connectivity index (χ4v) is 2.83. The third-order valence-corrected chi connectivity index (χ3v) is 4.19. The largest absolute Gasteiger partial charge is 0.370 e. The van der Waals surface area contributed by atoms with Crippen LogP contribution in [0.2, 0.25) is 0 Å². The summed E-state index contributed by atoms with van der Waals surface area (Å²) >= 11 is 1.45. The van der Waals surface area contributed by atoms with Gasteiger partial charge in [-0.15, -0.1) is 35.3 Å². The van der Waals surface area contributed by atoms with Crippen molar-refractivity contribution in [1.82, 2.24) is 10.2 Å². The highest BCUT2D eigenvalue weighted by Gasteiger charge is 2.11. The van der Waals surface area contributed by atoms with Crippen LogP contribution in [0.25, 0.3) is 0 Å². The third kappa shape index (κ3) is 6.21. The first-order valence-corrected chi connectivity index (χ1v) is 8.02. The van der Waals surface area contributed by atoms with Crippen LogP contribution < -0.4 is 11.1 Å². The molecule has 1 aliphatic rings. The number of piperidine rings is 1. The van der Waals surface area contributed by atoms with Crippen molar-refractivity contribution >= 4 is 47.2 Å². The molecule has 1 aliphatic heterocycles. The number of halogens is 1. The molecule has 21 heavy (non-hydrogen) atoms. The van der Waals surface area contributed by atoms with E-state index in [9.17, 15) is 4.79 Å². The molecule has 0 aliphatic carbocycles. The molecule has 0 saturated carbocycles. The standard InChI is InChI=1S/C14H22N4OS.HI/c15-14(18-9-2-1-3-10-18)17-8-5-7-16-13(19)12-6-4-11-20-12;/h4,6,11H,1-3,5,7-10H2,(H2,15,17)(H,16,19);1H. The fraction of sp³-hybridized carbons (Fsp3) is 0.571. The number of hydrogen-bond acceptors (Lipinski definition) is 3. The van der Waals surface area contributed by atoms with Crippen molar-refractivity contribution in [3.05, 3.63) is 22.4 Å². The van der Waals surface area contributed by atoms with Gasteiger partial charge in [0, 0.05) is 26.2 Å². The Labute approximate surface area is 147 Å². The van der Waals surface area contributed by atoms with E-state index in [1.54, 1.807) is 0 Å². The molecule has 7 heteroatoms. The van der Waals surface area contributed by atoms with E-state index < -0.39 is 0 Å². The minimum absolute atomic E-state index is 0. The zero-order chi connectivity index (χ0) is 14.2. The smallest absolute Gasteiger partial charge is 0.261 e. The van der Waals surface area contributed by atoms with Gasteiger partial charge in [-0.2, -0.15) is 0 Å². The molecule has 0 bridgehead atoms. The summed E-state index contributed by atoms with van der Waals surface area (Å²) in [6, 6.07) is 3.70. The maximum Gasteiger partial charge on any atom is 0.261 e. The zero-order valence-corrected chi connectivity index (χ0v) is 15.2. The maximum atomic E-state index is 11.7. The van der Waals surface area contributed by atoms with Gasteiger partial charge in [-0.3, -0.25) is 9.79 Å². The van der Waals surface area contributed by atoms with Crippen molar-refractivity contribution < 1.29 is 4.79 Å². The van der Waals surface area contributed by atoms with E-state index in [-0.39, 0.29) is 29.9 Å². The van der Waals surface area contributed by atoms with Crippen molar-refractivity contribution in [3.63, 3.8) is 0 Å². The number of amides is 1.